The zero-order valence-electron chi connectivity index (χ0n) is 16.7. The van der Waals surface area contributed by atoms with Crippen LogP contribution in [0.5, 0.6) is 0 Å². The standard InChI is InChI=1S/C22H23FN4O3/c1-2-30-22(29)15-7-8-20(24-14-15)26-9-4-10-27(12-11-26)21(28)19-13-16-17(23)5-3-6-18(16)25-19/h3,5-8,13-14,25H,2,4,9-12H2,1H3. The van der Waals surface area contributed by atoms with Crippen LogP contribution in [0.3, 0.4) is 0 Å². The predicted octanol–water partition coefficient (Wildman–Crippen LogP) is 3.23. The van der Waals surface area contributed by atoms with Gasteiger partial charge in [0.15, 0.2) is 0 Å². The van der Waals surface area contributed by atoms with Crippen LogP contribution in [-0.2, 0) is 4.74 Å². The Morgan fingerprint density at radius 1 is 1.17 bits per heavy atom. The molecule has 0 atom stereocenters. The summed E-state index contributed by atoms with van der Waals surface area (Å²) in [6.07, 6.45) is 2.29. The first-order valence-electron chi connectivity index (χ1n) is 10.0. The van der Waals surface area contributed by atoms with Crippen molar-refractivity contribution < 1.29 is 18.7 Å². The van der Waals surface area contributed by atoms with E-state index in [4.69, 9.17) is 4.74 Å². The minimum absolute atomic E-state index is 0.141. The molecule has 4 rings (SSSR count). The molecule has 3 heterocycles. The van der Waals surface area contributed by atoms with Gasteiger partial charge in [-0.15, -0.1) is 0 Å². The van der Waals surface area contributed by atoms with Gasteiger partial charge in [-0.1, -0.05) is 6.07 Å². The Kier molecular flexibility index (Phi) is 5.65. The minimum atomic E-state index is -0.390. The number of benzene rings is 1. The molecular weight excluding hydrogens is 387 g/mol. The molecule has 30 heavy (non-hydrogen) atoms. The molecule has 8 heteroatoms. The highest BCUT2D eigenvalue weighted by Crippen LogP contribution is 2.21. The molecule has 0 aliphatic carbocycles. The Morgan fingerprint density at radius 3 is 2.77 bits per heavy atom. The van der Waals surface area contributed by atoms with E-state index in [1.54, 1.807) is 42.2 Å². The van der Waals surface area contributed by atoms with Crippen LogP contribution in [0.2, 0.25) is 0 Å². The Labute approximate surface area is 173 Å². The van der Waals surface area contributed by atoms with Gasteiger partial charge in [-0.05, 0) is 43.7 Å². The van der Waals surface area contributed by atoms with E-state index in [2.05, 4.69) is 14.9 Å². The number of pyridine rings is 1. The topological polar surface area (TPSA) is 78.5 Å². The first kappa shape index (κ1) is 19.9. The van der Waals surface area contributed by atoms with Crippen molar-refractivity contribution in [2.24, 2.45) is 0 Å². The van der Waals surface area contributed by atoms with E-state index in [0.717, 1.165) is 18.8 Å². The third-order valence-corrected chi connectivity index (χ3v) is 5.21. The number of anilines is 1. The number of carbonyl (C=O) groups is 2. The summed E-state index contributed by atoms with van der Waals surface area (Å²) in [5.41, 5.74) is 1.42. The second-order valence-corrected chi connectivity index (χ2v) is 7.14. The van der Waals surface area contributed by atoms with Crippen molar-refractivity contribution in [2.45, 2.75) is 13.3 Å². The van der Waals surface area contributed by atoms with Gasteiger partial charge in [-0.25, -0.2) is 14.2 Å². The fourth-order valence-electron chi connectivity index (χ4n) is 3.66. The van der Waals surface area contributed by atoms with E-state index in [9.17, 15) is 14.0 Å². The highest BCUT2D eigenvalue weighted by atomic mass is 19.1. The molecule has 1 amide bonds. The largest absolute Gasteiger partial charge is 0.462 e. The summed E-state index contributed by atoms with van der Waals surface area (Å²) < 4.78 is 18.9. The fourth-order valence-corrected chi connectivity index (χ4v) is 3.66. The lowest BCUT2D eigenvalue weighted by molar-refractivity contribution is 0.0525. The first-order valence-corrected chi connectivity index (χ1v) is 10.0. The Balaban J connectivity index is 1.44. The third-order valence-electron chi connectivity index (χ3n) is 5.21. The van der Waals surface area contributed by atoms with Crippen molar-refractivity contribution in [3.05, 3.63) is 59.7 Å². The molecule has 1 aliphatic heterocycles. The van der Waals surface area contributed by atoms with Crippen LogP contribution in [0.25, 0.3) is 10.9 Å². The summed E-state index contributed by atoms with van der Waals surface area (Å²) in [4.78, 5) is 36.0. The zero-order chi connectivity index (χ0) is 21.1. The highest BCUT2D eigenvalue weighted by Gasteiger charge is 2.23. The van der Waals surface area contributed by atoms with Crippen LogP contribution >= 0.6 is 0 Å². The molecule has 2 aromatic heterocycles. The number of aromatic amines is 1. The predicted molar refractivity (Wildman–Crippen MR) is 111 cm³/mol. The van der Waals surface area contributed by atoms with E-state index >= 15 is 0 Å². The summed E-state index contributed by atoms with van der Waals surface area (Å²) in [6, 6.07) is 9.83. The lowest BCUT2D eigenvalue weighted by Gasteiger charge is -2.22. The van der Waals surface area contributed by atoms with Gasteiger partial charge in [-0.3, -0.25) is 4.79 Å². The van der Waals surface area contributed by atoms with E-state index in [1.165, 1.54) is 12.3 Å². The van der Waals surface area contributed by atoms with Gasteiger partial charge >= 0.3 is 5.97 Å². The zero-order valence-corrected chi connectivity index (χ0v) is 16.7. The van der Waals surface area contributed by atoms with Gasteiger partial charge in [0.1, 0.15) is 17.3 Å². The van der Waals surface area contributed by atoms with Crippen LogP contribution < -0.4 is 4.90 Å². The van der Waals surface area contributed by atoms with E-state index in [0.29, 0.717) is 48.4 Å². The second kappa shape index (κ2) is 8.52. The number of hydrogen-bond donors (Lipinski definition) is 1. The van der Waals surface area contributed by atoms with Crippen molar-refractivity contribution in [3.63, 3.8) is 0 Å². The van der Waals surface area contributed by atoms with Crippen molar-refractivity contribution in [1.29, 1.82) is 0 Å². The molecule has 0 unspecified atom stereocenters. The maximum atomic E-state index is 13.9. The van der Waals surface area contributed by atoms with Crippen LogP contribution in [0, 0.1) is 5.82 Å². The molecule has 7 nitrogen and oxygen atoms in total. The number of ether oxygens (including phenoxy) is 1. The summed E-state index contributed by atoms with van der Waals surface area (Å²) >= 11 is 0. The number of hydrogen-bond acceptors (Lipinski definition) is 5. The van der Waals surface area contributed by atoms with Crippen LogP contribution in [0.4, 0.5) is 10.2 Å². The first-order chi connectivity index (χ1) is 14.6. The van der Waals surface area contributed by atoms with Gasteiger partial charge in [0.25, 0.3) is 5.91 Å². The number of H-pyrrole nitrogens is 1. The Hall–Kier alpha value is -3.42. The molecule has 3 aromatic rings. The number of aromatic nitrogens is 2. The van der Waals surface area contributed by atoms with Crippen LogP contribution in [0.1, 0.15) is 34.2 Å². The normalized spacial score (nSPS) is 14.6. The van der Waals surface area contributed by atoms with Gasteiger partial charge in [0, 0.05) is 43.3 Å². The molecule has 0 bridgehead atoms. The van der Waals surface area contributed by atoms with Gasteiger partial charge in [0.2, 0.25) is 0 Å². The van der Waals surface area contributed by atoms with Crippen molar-refractivity contribution >= 4 is 28.6 Å². The average molecular weight is 410 g/mol. The summed E-state index contributed by atoms with van der Waals surface area (Å²) in [7, 11) is 0. The number of nitrogens with one attached hydrogen (secondary N) is 1. The minimum Gasteiger partial charge on any atom is -0.462 e. The van der Waals surface area contributed by atoms with E-state index in [-0.39, 0.29) is 17.7 Å². The molecule has 156 valence electrons. The molecule has 0 saturated carbocycles. The number of fused-ring (bicyclic) bond motifs is 1. The molecular formula is C22H23FN4O3. The second-order valence-electron chi connectivity index (χ2n) is 7.14. The molecule has 1 N–H and O–H groups in total. The van der Waals surface area contributed by atoms with Crippen molar-refractivity contribution in [1.82, 2.24) is 14.9 Å². The Morgan fingerprint density at radius 2 is 2.03 bits per heavy atom. The molecule has 1 saturated heterocycles. The smallest absolute Gasteiger partial charge is 0.339 e. The lowest BCUT2D eigenvalue weighted by Crippen LogP contribution is -2.35. The quantitative estimate of drug-likeness (QED) is 0.668. The third kappa shape index (κ3) is 3.98. The summed E-state index contributed by atoms with van der Waals surface area (Å²) in [5, 5.41) is 0.420. The summed E-state index contributed by atoms with van der Waals surface area (Å²) in [5.74, 6) is -0.121. The lowest BCUT2D eigenvalue weighted by atomic mass is 10.2. The van der Waals surface area contributed by atoms with Crippen LogP contribution in [-0.4, -0.2) is 59.5 Å². The molecule has 1 aromatic carbocycles. The number of amides is 1. The SMILES string of the molecule is CCOC(=O)c1ccc(N2CCCN(C(=O)c3cc4c(F)cccc4[nH]3)CC2)nc1. The number of nitrogens with zero attached hydrogens (tertiary/aromatic N) is 3. The number of carbonyl (C=O) groups excluding carboxylic acids is 2. The highest BCUT2D eigenvalue weighted by molar-refractivity contribution is 5.98. The average Bonchev–Trinajstić information content (AvgIpc) is 3.05. The summed E-state index contributed by atoms with van der Waals surface area (Å²) in [6.45, 7) is 4.57. The molecule has 1 aliphatic rings. The van der Waals surface area contributed by atoms with Crippen LogP contribution in [0.15, 0.2) is 42.6 Å². The maximum Gasteiger partial charge on any atom is 0.339 e. The van der Waals surface area contributed by atoms with Gasteiger partial charge in [-0.2, -0.15) is 0 Å². The van der Waals surface area contributed by atoms with Crippen molar-refractivity contribution in [2.75, 3.05) is 37.7 Å². The number of rotatable bonds is 4. The maximum absolute atomic E-state index is 13.9. The van der Waals surface area contributed by atoms with E-state index < -0.39 is 0 Å². The molecule has 0 radical (unpaired) electrons. The van der Waals surface area contributed by atoms with Gasteiger partial charge in [0.05, 0.1) is 12.2 Å². The monoisotopic (exact) mass is 410 g/mol. The van der Waals surface area contributed by atoms with Gasteiger partial charge < -0.3 is 19.5 Å². The van der Waals surface area contributed by atoms with Crippen molar-refractivity contribution in [3.8, 4) is 0 Å². The number of esters is 1. The molecule has 0 spiro atoms. The molecule has 1 fully saturated rings. The Bertz CT molecular complexity index is 1060. The number of halogens is 1. The van der Waals surface area contributed by atoms with E-state index in [1.807, 2.05) is 0 Å². The fraction of sp³-hybridized carbons (Fsp3) is 0.318.